The summed E-state index contributed by atoms with van der Waals surface area (Å²) in [7, 11) is 0. The Labute approximate surface area is 238 Å². The Hall–Kier alpha value is -2.33. The van der Waals surface area contributed by atoms with Crippen molar-refractivity contribution in [1.82, 2.24) is 0 Å². The van der Waals surface area contributed by atoms with E-state index in [2.05, 4.69) is 0 Å². The third kappa shape index (κ3) is 4.20. The van der Waals surface area contributed by atoms with E-state index in [0.29, 0.717) is 21.2 Å². The maximum absolute atomic E-state index is 18.4. The molecule has 0 N–H and O–H groups in total. The van der Waals surface area contributed by atoms with Gasteiger partial charge in [0.1, 0.15) is 0 Å². The fourth-order valence-electron chi connectivity index (χ4n) is 4.78. The highest BCUT2D eigenvalue weighted by molar-refractivity contribution is 6.47. The van der Waals surface area contributed by atoms with E-state index in [1.165, 1.54) is 42.5 Å². The van der Waals surface area contributed by atoms with Gasteiger partial charge in [0.15, 0.2) is 0 Å². The molecule has 1 aliphatic rings. The Morgan fingerprint density at radius 1 is 0.541 bits per heavy atom. The van der Waals surface area contributed by atoms with Crippen molar-refractivity contribution in [3.05, 3.63) is 151 Å². The first-order valence-corrected chi connectivity index (χ1v) is 13.1. The Morgan fingerprint density at radius 2 is 1.19 bits per heavy atom. The smallest absolute Gasteiger partial charge is 0.215 e. The monoisotopic (exact) mass is 590 g/mol. The van der Waals surface area contributed by atoms with Gasteiger partial charge in [-0.15, -0.1) is 0 Å². The van der Waals surface area contributed by atoms with E-state index in [1.54, 1.807) is 60.7 Å². The maximum atomic E-state index is 18.4. The second-order valence-electron chi connectivity index (χ2n) is 8.56. The number of rotatable bonds is 4. The largest absolute Gasteiger partial charge is 0.229 e. The molecule has 0 aromatic heterocycles. The van der Waals surface area contributed by atoms with Crippen LogP contribution in [0.5, 0.6) is 0 Å². The van der Waals surface area contributed by atoms with Crippen LogP contribution >= 0.6 is 58.0 Å². The highest BCUT2D eigenvalue weighted by atomic mass is 35.5. The first kappa shape index (κ1) is 26.3. The molecule has 0 fully saturated rings. The third-order valence-electron chi connectivity index (χ3n) is 6.45. The molecule has 37 heavy (non-hydrogen) atoms. The van der Waals surface area contributed by atoms with Crippen LogP contribution in [0.3, 0.4) is 0 Å². The van der Waals surface area contributed by atoms with E-state index >= 15 is 8.78 Å². The van der Waals surface area contributed by atoms with Gasteiger partial charge in [-0.2, -0.15) is 0 Å². The summed E-state index contributed by atoms with van der Waals surface area (Å²) < 4.78 is 36.3. The summed E-state index contributed by atoms with van der Waals surface area (Å²) in [4.78, 5) is 0. The molecular weight excluding hydrogens is 576 g/mol. The quantitative estimate of drug-likeness (QED) is 0.221. The highest BCUT2D eigenvalue weighted by Gasteiger charge is 2.64. The number of allylic oxidation sites excluding steroid dienone is 4. The summed E-state index contributed by atoms with van der Waals surface area (Å²) in [6.07, 6.45) is 0. The first-order valence-electron chi connectivity index (χ1n) is 11.2. The molecule has 5 rings (SSSR count). The average molecular weight is 593 g/mol. The zero-order valence-electron chi connectivity index (χ0n) is 19.0. The molecule has 0 saturated heterocycles. The molecule has 2 atom stereocenters. The van der Waals surface area contributed by atoms with E-state index in [-0.39, 0.29) is 32.3 Å². The third-order valence-corrected chi connectivity index (χ3v) is 8.19. The molecule has 0 aliphatic heterocycles. The number of hydrogen-bond donors (Lipinski definition) is 0. The Kier molecular flexibility index (Phi) is 7.17. The van der Waals surface area contributed by atoms with E-state index in [1.807, 2.05) is 0 Å². The lowest BCUT2D eigenvalue weighted by Gasteiger charge is -2.46. The summed E-state index contributed by atoms with van der Waals surface area (Å²) in [5.74, 6) is 0. The van der Waals surface area contributed by atoms with Gasteiger partial charge in [0.2, 0.25) is 11.3 Å². The Bertz CT molecular complexity index is 1550. The molecular formula is C30H17Cl5F2. The summed E-state index contributed by atoms with van der Waals surface area (Å²) in [6.45, 7) is 0. The molecule has 0 heterocycles. The van der Waals surface area contributed by atoms with E-state index in [9.17, 15) is 0 Å². The van der Waals surface area contributed by atoms with Gasteiger partial charge in [0.25, 0.3) is 0 Å². The second kappa shape index (κ2) is 10.1. The lowest BCUT2D eigenvalue weighted by Crippen LogP contribution is -2.47. The van der Waals surface area contributed by atoms with Gasteiger partial charge >= 0.3 is 0 Å². The highest BCUT2D eigenvalue weighted by Crippen LogP contribution is 2.66. The van der Waals surface area contributed by atoms with Crippen molar-refractivity contribution in [2.24, 2.45) is 0 Å². The minimum absolute atomic E-state index is 0.00917. The van der Waals surface area contributed by atoms with Crippen LogP contribution in [0.2, 0.25) is 15.1 Å². The maximum Gasteiger partial charge on any atom is 0.215 e. The Morgan fingerprint density at radius 3 is 1.84 bits per heavy atom. The average Bonchev–Trinajstić information content (AvgIpc) is 2.91. The number of alkyl halides is 2. The minimum atomic E-state index is -2.96. The molecule has 2 unspecified atom stereocenters. The molecule has 0 bridgehead atoms. The van der Waals surface area contributed by atoms with Gasteiger partial charge < -0.3 is 0 Å². The van der Waals surface area contributed by atoms with Gasteiger partial charge in [0, 0.05) is 31.8 Å². The van der Waals surface area contributed by atoms with Gasteiger partial charge in [-0.05, 0) is 47.0 Å². The fourth-order valence-corrected chi connectivity index (χ4v) is 5.99. The molecule has 1 aliphatic carbocycles. The van der Waals surface area contributed by atoms with Gasteiger partial charge in [-0.1, -0.05) is 131 Å². The minimum Gasteiger partial charge on any atom is -0.229 e. The van der Waals surface area contributed by atoms with Crippen LogP contribution in [0.4, 0.5) is 8.78 Å². The first-order chi connectivity index (χ1) is 17.7. The zero-order valence-corrected chi connectivity index (χ0v) is 22.7. The summed E-state index contributed by atoms with van der Waals surface area (Å²) >= 11 is 32.6. The number of benzene rings is 4. The summed E-state index contributed by atoms with van der Waals surface area (Å²) in [5.41, 5.74) is -4.96. The van der Waals surface area contributed by atoms with Crippen molar-refractivity contribution in [3.8, 4) is 0 Å². The van der Waals surface area contributed by atoms with Crippen LogP contribution in [-0.2, 0) is 11.3 Å². The molecule has 186 valence electrons. The van der Waals surface area contributed by atoms with E-state index < -0.39 is 16.4 Å². The predicted molar refractivity (Wildman–Crippen MR) is 152 cm³/mol. The second-order valence-corrected chi connectivity index (χ2v) is 10.6. The van der Waals surface area contributed by atoms with E-state index in [4.69, 9.17) is 58.0 Å². The number of hydrogen-bond acceptors (Lipinski definition) is 0. The van der Waals surface area contributed by atoms with Crippen molar-refractivity contribution >= 4 is 69.2 Å². The lowest BCUT2D eigenvalue weighted by atomic mass is 9.65. The molecule has 4 aromatic rings. The predicted octanol–water partition coefficient (Wildman–Crippen LogP) is 11.0. The van der Waals surface area contributed by atoms with Crippen molar-refractivity contribution in [3.63, 3.8) is 0 Å². The van der Waals surface area contributed by atoms with Gasteiger partial charge in [-0.25, -0.2) is 8.78 Å². The molecule has 0 amide bonds. The molecule has 0 nitrogen and oxygen atoms in total. The number of halogens is 7. The van der Waals surface area contributed by atoms with Gasteiger partial charge in [-0.3, -0.25) is 0 Å². The molecule has 4 aromatic carbocycles. The van der Waals surface area contributed by atoms with Crippen molar-refractivity contribution in [1.29, 1.82) is 0 Å². The van der Waals surface area contributed by atoms with Crippen LogP contribution in [0.25, 0.3) is 11.1 Å². The summed E-state index contributed by atoms with van der Waals surface area (Å²) in [6, 6.07) is 27.3. The molecule has 7 heteroatoms. The van der Waals surface area contributed by atoms with Crippen LogP contribution in [0, 0.1) is 0 Å². The topological polar surface area (TPSA) is 0 Å². The lowest BCUT2D eigenvalue weighted by molar-refractivity contribution is 0.0293. The molecule has 0 radical (unpaired) electrons. The van der Waals surface area contributed by atoms with Gasteiger partial charge in [0.05, 0.1) is 10.1 Å². The van der Waals surface area contributed by atoms with Crippen molar-refractivity contribution in [2.45, 2.75) is 11.3 Å². The van der Waals surface area contributed by atoms with Crippen LogP contribution in [0.15, 0.2) is 113 Å². The summed E-state index contributed by atoms with van der Waals surface area (Å²) in [5, 5.41) is 0.213. The van der Waals surface area contributed by atoms with Crippen LogP contribution in [0.1, 0.15) is 22.3 Å². The normalized spacial score (nSPS) is 21.9. The van der Waals surface area contributed by atoms with Crippen LogP contribution < -0.4 is 0 Å². The zero-order chi connectivity index (χ0) is 26.4. The van der Waals surface area contributed by atoms with Crippen LogP contribution in [-0.4, -0.2) is 0 Å². The molecule has 0 spiro atoms. The standard InChI is InChI=1S/C30H17Cl5F2/c31-21-15-13-19(14-16-21)29(36)26(18-7-2-1-3-8-18)25(23-11-4-5-12-24(23)33)27(34)28(35)30(29,37)20-9-6-10-22(32)17-20/h1-17H. The molecule has 0 saturated carbocycles. The Balaban J connectivity index is 2.00. The van der Waals surface area contributed by atoms with Crippen molar-refractivity contribution in [2.75, 3.05) is 0 Å². The fraction of sp³-hybridized carbons (Fsp3) is 0.0667. The van der Waals surface area contributed by atoms with Crippen molar-refractivity contribution < 1.29 is 8.78 Å². The SMILES string of the molecule is FC1(c2cccc(Cl)c2)C(Cl)=C(Cl)C(c2ccccc2Cl)=C(c2ccccc2)C1(F)c1ccc(Cl)cc1. The van der Waals surface area contributed by atoms with E-state index in [0.717, 1.165) is 0 Å².